The van der Waals surface area contributed by atoms with Crippen LogP contribution in [-0.2, 0) is 4.74 Å². The molecule has 0 aliphatic rings. The number of rotatable bonds is 6. The quantitative estimate of drug-likeness (QED) is 0.570. The second kappa shape index (κ2) is 6.78. The summed E-state index contributed by atoms with van der Waals surface area (Å²) in [6.07, 6.45) is 3.66. The highest BCUT2D eigenvalue weighted by Gasteiger charge is 2.03. The zero-order valence-electron chi connectivity index (χ0n) is 6.55. The Kier molecular flexibility index (Phi) is 6.55. The summed E-state index contributed by atoms with van der Waals surface area (Å²) in [5.41, 5.74) is 0. The summed E-state index contributed by atoms with van der Waals surface area (Å²) >= 11 is 0. The Labute approximate surface area is 62.5 Å². The Balaban J connectivity index is 3.29. The van der Waals surface area contributed by atoms with Gasteiger partial charge in [-0.05, 0) is 6.42 Å². The first-order valence-corrected chi connectivity index (χ1v) is 3.68. The van der Waals surface area contributed by atoms with Crippen LogP contribution in [-0.4, -0.2) is 24.4 Å². The summed E-state index contributed by atoms with van der Waals surface area (Å²) < 4.78 is 5.21. The molecule has 60 valence electrons. The molecule has 0 aliphatic heterocycles. The highest BCUT2D eigenvalue weighted by atomic mass is 16.5. The van der Waals surface area contributed by atoms with Crippen LogP contribution in [0.25, 0.3) is 0 Å². The molecular formula is C8H16O2. The van der Waals surface area contributed by atoms with Gasteiger partial charge in [-0.25, -0.2) is 0 Å². The van der Waals surface area contributed by atoms with Gasteiger partial charge in [-0.1, -0.05) is 19.4 Å². The Morgan fingerprint density at radius 3 is 2.80 bits per heavy atom. The number of hydrogen-bond acceptors (Lipinski definition) is 2. The molecule has 0 heterocycles. The van der Waals surface area contributed by atoms with E-state index in [0.29, 0.717) is 6.61 Å². The van der Waals surface area contributed by atoms with Crippen LogP contribution >= 0.6 is 0 Å². The standard InChI is InChI=1S/C8H16O2/c1-3-5-8(7-9)10-6-4-2/h4,8-9H,2-3,5-7H2,1H3. The number of aliphatic hydroxyl groups is 1. The largest absolute Gasteiger partial charge is 0.394 e. The molecule has 0 fully saturated rings. The van der Waals surface area contributed by atoms with Crippen molar-refractivity contribution in [3.8, 4) is 0 Å². The fourth-order valence-corrected chi connectivity index (χ4v) is 0.753. The molecule has 2 nitrogen and oxygen atoms in total. The van der Waals surface area contributed by atoms with E-state index in [2.05, 4.69) is 13.5 Å². The second-order valence-electron chi connectivity index (χ2n) is 2.22. The lowest BCUT2D eigenvalue weighted by molar-refractivity contribution is 0.0229. The van der Waals surface area contributed by atoms with Gasteiger partial charge in [0.25, 0.3) is 0 Å². The minimum absolute atomic E-state index is 0.00278. The van der Waals surface area contributed by atoms with Gasteiger partial charge in [0.1, 0.15) is 0 Å². The molecule has 1 atom stereocenters. The molecule has 0 aromatic rings. The van der Waals surface area contributed by atoms with Crippen molar-refractivity contribution in [2.45, 2.75) is 25.9 Å². The monoisotopic (exact) mass is 144 g/mol. The molecule has 0 saturated carbocycles. The topological polar surface area (TPSA) is 29.5 Å². The van der Waals surface area contributed by atoms with Crippen molar-refractivity contribution in [2.24, 2.45) is 0 Å². The minimum atomic E-state index is 0.00278. The average molecular weight is 144 g/mol. The van der Waals surface area contributed by atoms with Gasteiger partial charge in [0.15, 0.2) is 0 Å². The molecule has 1 N–H and O–H groups in total. The summed E-state index contributed by atoms with van der Waals surface area (Å²) in [7, 11) is 0. The first-order valence-electron chi connectivity index (χ1n) is 3.68. The van der Waals surface area contributed by atoms with Crippen LogP contribution in [0.1, 0.15) is 19.8 Å². The number of hydrogen-bond donors (Lipinski definition) is 1. The predicted octanol–water partition coefficient (Wildman–Crippen LogP) is 1.35. The molecule has 0 spiro atoms. The molecule has 1 unspecified atom stereocenters. The van der Waals surface area contributed by atoms with Crippen molar-refractivity contribution >= 4 is 0 Å². The van der Waals surface area contributed by atoms with E-state index in [1.54, 1.807) is 6.08 Å². The van der Waals surface area contributed by atoms with Crippen molar-refractivity contribution in [3.63, 3.8) is 0 Å². The van der Waals surface area contributed by atoms with Crippen LogP contribution in [0.4, 0.5) is 0 Å². The van der Waals surface area contributed by atoms with E-state index in [4.69, 9.17) is 9.84 Å². The molecule has 2 heteroatoms. The van der Waals surface area contributed by atoms with Crippen LogP contribution in [0.2, 0.25) is 0 Å². The third kappa shape index (κ3) is 4.53. The maximum Gasteiger partial charge on any atom is 0.0809 e. The minimum Gasteiger partial charge on any atom is -0.394 e. The van der Waals surface area contributed by atoms with Crippen LogP contribution in [0, 0.1) is 0 Å². The first kappa shape index (κ1) is 9.66. The maximum atomic E-state index is 8.72. The van der Waals surface area contributed by atoms with Crippen molar-refractivity contribution in [1.82, 2.24) is 0 Å². The summed E-state index contributed by atoms with van der Waals surface area (Å²) in [4.78, 5) is 0. The zero-order chi connectivity index (χ0) is 7.82. The summed E-state index contributed by atoms with van der Waals surface area (Å²) in [5.74, 6) is 0. The summed E-state index contributed by atoms with van der Waals surface area (Å²) in [6.45, 7) is 6.24. The Hall–Kier alpha value is -0.340. The van der Waals surface area contributed by atoms with Crippen LogP contribution in [0.15, 0.2) is 12.7 Å². The third-order valence-corrected chi connectivity index (χ3v) is 1.26. The van der Waals surface area contributed by atoms with Crippen molar-refractivity contribution in [1.29, 1.82) is 0 Å². The fraction of sp³-hybridized carbons (Fsp3) is 0.750. The molecule has 10 heavy (non-hydrogen) atoms. The molecular weight excluding hydrogens is 128 g/mol. The lowest BCUT2D eigenvalue weighted by atomic mass is 10.2. The number of aliphatic hydroxyl groups excluding tert-OH is 1. The molecule has 0 radical (unpaired) electrons. The second-order valence-corrected chi connectivity index (χ2v) is 2.22. The van der Waals surface area contributed by atoms with Crippen LogP contribution in [0.3, 0.4) is 0 Å². The highest BCUT2D eigenvalue weighted by Crippen LogP contribution is 2.00. The predicted molar refractivity (Wildman–Crippen MR) is 41.9 cm³/mol. The van der Waals surface area contributed by atoms with Crippen molar-refractivity contribution < 1.29 is 9.84 Å². The smallest absolute Gasteiger partial charge is 0.0809 e. The van der Waals surface area contributed by atoms with Gasteiger partial charge in [0.2, 0.25) is 0 Å². The SMILES string of the molecule is C=CCOC(CO)CCC. The lowest BCUT2D eigenvalue weighted by Crippen LogP contribution is -2.17. The van der Waals surface area contributed by atoms with E-state index in [9.17, 15) is 0 Å². The maximum absolute atomic E-state index is 8.72. The third-order valence-electron chi connectivity index (χ3n) is 1.26. The highest BCUT2D eigenvalue weighted by molar-refractivity contribution is 4.66. The van der Waals surface area contributed by atoms with E-state index >= 15 is 0 Å². The van der Waals surface area contributed by atoms with Gasteiger partial charge >= 0.3 is 0 Å². The van der Waals surface area contributed by atoms with Gasteiger partial charge in [0, 0.05) is 0 Å². The van der Waals surface area contributed by atoms with Gasteiger partial charge in [-0.15, -0.1) is 6.58 Å². The van der Waals surface area contributed by atoms with Gasteiger partial charge < -0.3 is 9.84 Å². The van der Waals surface area contributed by atoms with Gasteiger partial charge in [-0.3, -0.25) is 0 Å². The van der Waals surface area contributed by atoms with E-state index < -0.39 is 0 Å². The van der Waals surface area contributed by atoms with Crippen LogP contribution < -0.4 is 0 Å². The van der Waals surface area contributed by atoms with Crippen molar-refractivity contribution in [3.05, 3.63) is 12.7 Å². The van der Waals surface area contributed by atoms with Gasteiger partial charge in [-0.2, -0.15) is 0 Å². The molecule has 0 aromatic heterocycles. The van der Waals surface area contributed by atoms with E-state index in [0.717, 1.165) is 12.8 Å². The fourth-order valence-electron chi connectivity index (χ4n) is 0.753. The molecule has 0 amide bonds. The molecule has 0 rings (SSSR count). The van der Waals surface area contributed by atoms with E-state index in [1.165, 1.54) is 0 Å². The molecule has 0 aliphatic carbocycles. The molecule has 0 aromatic carbocycles. The Morgan fingerprint density at radius 2 is 2.40 bits per heavy atom. The first-order chi connectivity index (χ1) is 4.85. The average Bonchev–Trinajstić information content (AvgIpc) is 1.98. The van der Waals surface area contributed by atoms with Crippen LogP contribution in [0.5, 0.6) is 0 Å². The zero-order valence-corrected chi connectivity index (χ0v) is 6.55. The Bertz CT molecular complexity index is 81.3. The van der Waals surface area contributed by atoms with E-state index in [-0.39, 0.29) is 12.7 Å². The Morgan fingerprint density at radius 1 is 1.70 bits per heavy atom. The van der Waals surface area contributed by atoms with E-state index in [1.807, 2.05) is 0 Å². The molecule has 0 saturated heterocycles. The summed E-state index contributed by atoms with van der Waals surface area (Å²) in [6, 6.07) is 0. The normalized spacial score (nSPS) is 13.0. The number of ether oxygens (including phenoxy) is 1. The molecule has 0 bridgehead atoms. The lowest BCUT2D eigenvalue weighted by Gasteiger charge is -2.11. The summed E-state index contributed by atoms with van der Waals surface area (Å²) in [5, 5.41) is 8.72. The van der Waals surface area contributed by atoms with Gasteiger partial charge in [0.05, 0.1) is 19.3 Å². The van der Waals surface area contributed by atoms with Crippen molar-refractivity contribution in [2.75, 3.05) is 13.2 Å².